The molecule has 7 heteroatoms. The van der Waals surface area contributed by atoms with E-state index >= 15 is 0 Å². The number of fused-ring (bicyclic) bond motifs is 1. The number of nitrogens with two attached hydrogens (primary N) is 1. The van der Waals surface area contributed by atoms with Gasteiger partial charge in [0.05, 0.1) is 11.9 Å². The van der Waals surface area contributed by atoms with Crippen molar-refractivity contribution in [3.05, 3.63) is 70.6 Å². The summed E-state index contributed by atoms with van der Waals surface area (Å²) < 4.78 is 0. The van der Waals surface area contributed by atoms with Crippen molar-refractivity contribution in [3.63, 3.8) is 0 Å². The van der Waals surface area contributed by atoms with Gasteiger partial charge in [0.1, 0.15) is 10.6 Å². The second-order valence-corrected chi connectivity index (χ2v) is 8.30. The number of benzene rings is 1. The average Bonchev–Trinajstić information content (AvgIpc) is 2.95. The van der Waals surface area contributed by atoms with Gasteiger partial charge in [0.2, 0.25) is 5.95 Å². The number of hydrogen-bond acceptors (Lipinski definition) is 6. The quantitative estimate of drug-likeness (QED) is 0.701. The van der Waals surface area contributed by atoms with Crippen molar-refractivity contribution in [1.82, 2.24) is 15.0 Å². The van der Waals surface area contributed by atoms with Crippen LogP contribution < -0.4 is 10.6 Å². The lowest BCUT2D eigenvalue weighted by Gasteiger charge is -2.26. The maximum atomic E-state index is 11.2. The number of anilines is 3. The lowest BCUT2D eigenvalue weighted by Crippen LogP contribution is -2.26. The van der Waals surface area contributed by atoms with Crippen LogP contribution in [-0.2, 0) is 11.0 Å². The topological polar surface area (TPSA) is 88.2 Å². The van der Waals surface area contributed by atoms with E-state index in [-0.39, 0.29) is 11.4 Å². The fourth-order valence-corrected chi connectivity index (χ4v) is 3.94. The number of halogens is 1. The summed E-state index contributed by atoms with van der Waals surface area (Å²) >= 11 is 6.38. The summed E-state index contributed by atoms with van der Waals surface area (Å²) in [6.45, 7) is 6.77. The summed E-state index contributed by atoms with van der Waals surface area (Å²) in [5.41, 5.74) is 7.88. The van der Waals surface area contributed by atoms with Crippen molar-refractivity contribution in [3.8, 4) is 0 Å². The first kappa shape index (κ1) is 18.7. The van der Waals surface area contributed by atoms with Gasteiger partial charge >= 0.3 is 0 Å². The molecular weight excluding hydrogens is 374 g/mol. The van der Waals surface area contributed by atoms with E-state index < -0.39 is 5.60 Å². The van der Waals surface area contributed by atoms with Crippen LogP contribution >= 0.6 is 11.6 Å². The van der Waals surface area contributed by atoms with Gasteiger partial charge in [0.15, 0.2) is 5.82 Å². The Morgan fingerprint density at radius 1 is 1.21 bits per heavy atom. The number of hydrogen-bond donors (Lipinski definition) is 2. The van der Waals surface area contributed by atoms with Crippen molar-refractivity contribution >= 4 is 29.1 Å². The highest BCUT2D eigenvalue weighted by Gasteiger charge is 2.39. The zero-order valence-electron chi connectivity index (χ0n) is 16.0. The van der Waals surface area contributed by atoms with Gasteiger partial charge in [-0.15, -0.1) is 0 Å². The zero-order chi connectivity index (χ0) is 20.1. The van der Waals surface area contributed by atoms with E-state index in [1.54, 1.807) is 13.1 Å². The van der Waals surface area contributed by atoms with E-state index in [1.807, 2.05) is 35.2 Å². The number of pyridine rings is 1. The fraction of sp³-hybridized carbons (Fsp3) is 0.286. The van der Waals surface area contributed by atoms with Crippen molar-refractivity contribution < 1.29 is 5.11 Å². The Hall–Kier alpha value is -2.70. The molecule has 144 valence electrons. The predicted molar refractivity (Wildman–Crippen MR) is 111 cm³/mol. The summed E-state index contributed by atoms with van der Waals surface area (Å²) in [7, 11) is 0. The summed E-state index contributed by atoms with van der Waals surface area (Å²) in [6, 6.07) is 11.5. The van der Waals surface area contributed by atoms with Crippen LogP contribution in [0.15, 0.2) is 48.8 Å². The Bertz CT molecular complexity index is 1040. The maximum Gasteiger partial charge on any atom is 0.222 e. The van der Waals surface area contributed by atoms with Crippen LogP contribution in [0.25, 0.3) is 0 Å². The van der Waals surface area contributed by atoms with Gasteiger partial charge in [-0.2, -0.15) is 4.98 Å². The molecule has 4 rings (SSSR count). The van der Waals surface area contributed by atoms with Gasteiger partial charge in [0, 0.05) is 23.8 Å². The Morgan fingerprint density at radius 2 is 2.00 bits per heavy atom. The molecule has 3 heterocycles. The Morgan fingerprint density at radius 3 is 2.71 bits per heavy atom. The minimum Gasteiger partial charge on any atom is -0.379 e. The predicted octanol–water partition coefficient (Wildman–Crippen LogP) is 3.79. The van der Waals surface area contributed by atoms with Gasteiger partial charge in [-0.05, 0) is 36.2 Å². The first-order valence-corrected chi connectivity index (χ1v) is 9.42. The third-order valence-electron chi connectivity index (χ3n) is 5.30. The molecule has 0 bridgehead atoms. The highest BCUT2D eigenvalue weighted by atomic mass is 35.5. The van der Waals surface area contributed by atoms with Crippen LogP contribution in [0.1, 0.15) is 37.6 Å². The normalized spacial score (nSPS) is 17.2. The molecule has 28 heavy (non-hydrogen) atoms. The largest absolute Gasteiger partial charge is 0.379 e. The van der Waals surface area contributed by atoms with Gasteiger partial charge in [-0.25, -0.2) is 4.98 Å². The van der Waals surface area contributed by atoms with E-state index in [4.69, 9.17) is 17.3 Å². The second kappa shape index (κ2) is 6.43. The molecule has 0 radical (unpaired) electrons. The minimum absolute atomic E-state index is 0.117. The second-order valence-electron chi connectivity index (χ2n) is 7.89. The monoisotopic (exact) mass is 395 g/mol. The molecule has 3 aromatic rings. The summed E-state index contributed by atoms with van der Waals surface area (Å²) in [6.07, 6.45) is 3.19. The van der Waals surface area contributed by atoms with E-state index in [0.29, 0.717) is 23.1 Å². The third-order valence-corrected chi connectivity index (χ3v) is 5.56. The van der Waals surface area contributed by atoms with E-state index in [0.717, 1.165) is 16.8 Å². The van der Waals surface area contributed by atoms with Crippen LogP contribution in [0.4, 0.5) is 17.5 Å². The average molecular weight is 396 g/mol. The SMILES string of the molecule is CC1(C)CN(c2nc(N)ncc2Cl)c2cc(C(C)(O)c3ccccn3)ccc21. The number of aromatic nitrogens is 3. The van der Waals surface area contributed by atoms with Crippen molar-refractivity contribution in [2.75, 3.05) is 17.2 Å². The standard InChI is InChI=1S/C21H22ClN5O/c1-20(2)12-27(18-15(22)11-25-19(23)26-18)16-10-13(7-8-14(16)20)21(3,28)17-6-4-5-9-24-17/h4-11,28H,12H2,1-3H3,(H2,23,25,26). The lowest BCUT2D eigenvalue weighted by molar-refractivity contribution is 0.0974. The molecule has 0 saturated heterocycles. The zero-order valence-corrected chi connectivity index (χ0v) is 16.8. The molecule has 1 atom stereocenters. The molecule has 0 fully saturated rings. The molecule has 1 aliphatic heterocycles. The van der Waals surface area contributed by atoms with Crippen LogP contribution in [0.3, 0.4) is 0 Å². The molecule has 1 aromatic carbocycles. The van der Waals surface area contributed by atoms with E-state index in [9.17, 15) is 5.11 Å². The van der Waals surface area contributed by atoms with Gasteiger partial charge in [-0.1, -0.05) is 43.6 Å². The molecule has 3 N–H and O–H groups in total. The fourth-order valence-electron chi connectivity index (χ4n) is 3.74. The molecule has 0 amide bonds. The lowest BCUT2D eigenvalue weighted by atomic mass is 9.84. The molecule has 1 unspecified atom stereocenters. The minimum atomic E-state index is -1.23. The van der Waals surface area contributed by atoms with Crippen LogP contribution in [0, 0.1) is 0 Å². The van der Waals surface area contributed by atoms with Crippen LogP contribution in [0.2, 0.25) is 5.02 Å². The molecule has 2 aromatic heterocycles. The molecule has 0 spiro atoms. The number of nitrogens with zero attached hydrogens (tertiary/aromatic N) is 4. The molecular formula is C21H22ClN5O. The molecule has 1 aliphatic rings. The van der Waals surface area contributed by atoms with Gasteiger partial charge in [0.25, 0.3) is 0 Å². The van der Waals surface area contributed by atoms with E-state index in [1.165, 1.54) is 6.20 Å². The highest BCUT2D eigenvalue weighted by molar-refractivity contribution is 6.33. The molecule has 0 saturated carbocycles. The van der Waals surface area contributed by atoms with Crippen molar-refractivity contribution in [1.29, 1.82) is 0 Å². The van der Waals surface area contributed by atoms with Gasteiger partial charge < -0.3 is 15.7 Å². The third kappa shape index (κ3) is 2.99. The van der Waals surface area contributed by atoms with Gasteiger partial charge in [-0.3, -0.25) is 4.98 Å². The van der Waals surface area contributed by atoms with E-state index in [2.05, 4.69) is 34.9 Å². The molecule has 0 aliphatic carbocycles. The summed E-state index contributed by atoms with van der Waals surface area (Å²) in [5, 5.41) is 11.7. The van der Waals surface area contributed by atoms with Crippen LogP contribution in [-0.4, -0.2) is 26.6 Å². The first-order chi connectivity index (χ1) is 13.2. The summed E-state index contributed by atoms with van der Waals surface area (Å²) in [4.78, 5) is 14.7. The molecule has 6 nitrogen and oxygen atoms in total. The maximum absolute atomic E-state index is 11.2. The Kier molecular flexibility index (Phi) is 4.28. The number of rotatable bonds is 3. The number of nitrogen functional groups attached to an aromatic ring is 1. The smallest absolute Gasteiger partial charge is 0.222 e. The summed E-state index contributed by atoms with van der Waals surface area (Å²) in [5.74, 6) is 0.734. The first-order valence-electron chi connectivity index (χ1n) is 9.04. The van der Waals surface area contributed by atoms with Crippen molar-refractivity contribution in [2.24, 2.45) is 0 Å². The number of aliphatic hydroxyl groups is 1. The Labute approximate surface area is 169 Å². The highest BCUT2D eigenvalue weighted by Crippen LogP contribution is 2.47. The Balaban J connectivity index is 1.86. The van der Waals surface area contributed by atoms with Crippen LogP contribution in [0.5, 0.6) is 0 Å². The van der Waals surface area contributed by atoms with Crippen molar-refractivity contribution in [2.45, 2.75) is 31.8 Å².